The summed E-state index contributed by atoms with van der Waals surface area (Å²) in [4.78, 5) is 12.6. The Labute approximate surface area is 208 Å². The van der Waals surface area contributed by atoms with Gasteiger partial charge in [0.05, 0.1) is 5.75 Å². The van der Waals surface area contributed by atoms with Crippen molar-refractivity contribution in [3.63, 3.8) is 0 Å². The minimum atomic E-state index is -0.133. The first-order chi connectivity index (χ1) is 16.4. The topological polar surface area (TPSA) is 69.0 Å². The van der Waals surface area contributed by atoms with E-state index in [0.717, 1.165) is 28.3 Å². The predicted molar refractivity (Wildman–Crippen MR) is 137 cm³/mol. The maximum atomic E-state index is 12.6. The average molecular weight is 493 g/mol. The molecule has 4 rings (SSSR count). The average Bonchev–Trinajstić information content (AvgIpc) is 3.22. The molecule has 6 nitrogen and oxygen atoms in total. The fraction of sp³-hybridized carbons (Fsp3) is 0.192. The van der Waals surface area contributed by atoms with Crippen LogP contribution in [-0.2, 0) is 11.4 Å². The maximum absolute atomic E-state index is 12.6. The number of amides is 1. The zero-order valence-electron chi connectivity index (χ0n) is 19.2. The zero-order chi connectivity index (χ0) is 24.1. The quantitative estimate of drug-likeness (QED) is 0.298. The highest BCUT2D eigenvalue weighted by Crippen LogP contribution is 2.25. The summed E-state index contributed by atoms with van der Waals surface area (Å²) >= 11 is 7.33. The summed E-state index contributed by atoms with van der Waals surface area (Å²) in [6.07, 6.45) is 0. The van der Waals surface area contributed by atoms with Crippen LogP contribution in [0.3, 0.4) is 0 Å². The van der Waals surface area contributed by atoms with Crippen molar-refractivity contribution in [2.24, 2.45) is 0 Å². The van der Waals surface area contributed by atoms with Crippen LogP contribution in [0.5, 0.6) is 5.75 Å². The molecule has 0 atom stereocenters. The fourth-order valence-corrected chi connectivity index (χ4v) is 4.30. The van der Waals surface area contributed by atoms with Crippen molar-refractivity contribution in [3.8, 4) is 11.4 Å². The molecule has 174 valence electrons. The number of ether oxygens (including phenoxy) is 1. The predicted octanol–water partition coefficient (Wildman–Crippen LogP) is 6.16. The summed E-state index contributed by atoms with van der Waals surface area (Å²) in [7, 11) is 0. The Hall–Kier alpha value is -3.29. The summed E-state index contributed by atoms with van der Waals surface area (Å²) in [6, 6.07) is 21.3. The van der Waals surface area contributed by atoms with Gasteiger partial charge < -0.3 is 10.1 Å². The van der Waals surface area contributed by atoms with E-state index in [0.29, 0.717) is 16.0 Å². The molecule has 0 saturated heterocycles. The molecule has 1 amide bonds. The lowest BCUT2D eigenvalue weighted by Gasteiger charge is -2.12. The number of carbonyl (C=O) groups is 1. The number of benzene rings is 3. The Balaban J connectivity index is 1.51. The molecule has 1 aromatic heterocycles. The number of nitrogens with zero attached hydrogens (tertiary/aromatic N) is 3. The number of anilines is 1. The highest BCUT2D eigenvalue weighted by molar-refractivity contribution is 7.99. The van der Waals surface area contributed by atoms with E-state index in [2.05, 4.69) is 15.5 Å². The molecule has 0 fully saturated rings. The van der Waals surface area contributed by atoms with Crippen LogP contribution in [0.25, 0.3) is 5.69 Å². The molecule has 0 aliphatic heterocycles. The Morgan fingerprint density at radius 3 is 2.32 bits per heavy atom. The van der Waals surface area contributed by atoms with Crippen molar-refractivity contribution < 1.29 is 9.53 Å². The van der Waals surface area contributed by atoms with Gasteiger partial charge in [-0.3, -0.25) is 9.36 Å². The largest absolute Gasteiger partial charge is 0.486 e. The molecule has 0 bridgehead atoms. The van der Waals surface area contributed by atoms with Gasteiger partial charge in [-0.15, -0.1) is 10.2 Å². The number of aromatic nitrogens is 3. The molecule has 3 aromatic carbocycles. The molecule has 0 radical (unpaired) electrons. The Kier molecular flexibility index (Phi) is 7.55. The molecule has 8 heteroatoms. The van der Waals surface area contributed by atoms with E-state index in [-0.39, 0.29) is 18.3 Å². The molecule has 4 aromatic rings. The van der Waals surface area contributed by atoms with E-state index >= 15 is 0 Å². The zero-order valence-corrected chi connectivity index (χ0v) is 20.8. The van der Waals surface area contributed by atoms with E-state index in [1.807, 2.05) is 79.9 Å². The van der Waals surface area contributed by atoms with Crippen LogP contribution in [0, 0.1) is 20.8 Å². The number of rotatable bonds is 8. The second kappa shape index (κ2) is 10.8. The van der Waals surface area contributed by atoms with Crippen LogP contribution < -0.4 is 10.1 Å². The lowest BCUT2D eigenvalue weighted by molar-refractivity contribution is -0.113. The lowest BCUT2D eigenvalue weighted by Crippen LogP contribution is -2.15. The van der Waals surface area contributed by atoms with E-state index in [1.54, 1.807) is 12.1 Å². The Bertz CT molecular complexity index is 1290. The first-order valence-electron chi connectivity index (χ1n) is 10.8. The minimum Gasteiger partial charge on any atom is -0.486 e. The molecule has 0 aliphatic rings. The molecular formula is C26H25ClN4O2S. The van der Waals surface area contributed by atoms with Crippen LogP contribution in [0.4, 0.5) is 5.69 Å². The van der Waals surface area contributed by atoms with Gasteiger partial charge in [-0.25, -0.2) is 0 Å². The Morgan fingerprint density at radius 1 is 0.971 bits per heavy atom. The van der Waals surface area contributed by atoms with Crippen molar-refractivity contribution >= 4 is 35.0 Å². The minimum absolute atomic E-state index is 0.133. The van der Waals surface area contributed by atoms with Gasteiger partial charge >= 0.3 is 0 Å². The van der Waals surface area contributed by atoms with E-state index < -0.39 is 0 Å². The van der Waals surface area contributed by atoms with Crippen LogP contribution in [0.15, 0.2) is 71.9 Å². The van der Waals surface area contributed by atoms with Crippen molar-refractivity contribution in [2.75, 3.05) is 11.1 Å². The van der Waals surface area contributed by atoms with E-state index in [4.69, 9.17) is 16.3 Å². The molecule has 0 saturated carbocycles. The van der Waals surface area contributed by atoms with Gasteiger partial charge in [0.2, 0.25) is 5.91 Å². The summed E-state index contributed by atoms with van der Waals surface area (Å²) in [5.74, 6) is 1.47. The lowest BCUT2D eigenvalue weighted by atomic mass is 10.2. The monoisotopic (exact) mass is 492 g/mol. The van der Waals surface area contributed by atoms with E-state index in [1.165, 1.54) is 17.3 Å². The van der Waals surface area contributed by atoms with Gasteiger partial charge in [-0.05, 0) is 68.8 Å². The van der Waals surface area contributed by atoms with Crippen molar-refractivity contribution in [2.45, 2.75) is 32.5 Å². The third-order valence-electron chi connectivity index (χ3n) is 5.18. The summed E-state index contributed by atoms with van der Waals surface area (Å²) in [5, 5.41) is 12.9. The van der Waals surface area contributed by atoms with Gasteiger partial charge in [-0.2, -0.15) is 0 Å². The Morgan fingerprint density at radius 2 is 1.65 bits per heavy atom. The normalized spacial score (nSPS) is 10.8. The summed E-state index contributed by atoms with van der Waals surface area (Å²) in [5.41, 5.74) is 4.88. The second-order valence-corrected chi connectivity index (χ2v) is 9.35. The first-order valence-corrected chi connectivity index (χ1v) is 12.1. The van der Waals surface area contributed by atoms with Crippen molar-refractivity contribution in [1.29, 1.82) is 0 Å². The third kappa shape index (κ3) is 5.98. The van der Waals surface area contributed by atoms with Crippen LogP contribution in [-0.4, -0.2) is 26.4 Å². The standard InChI is InChI=1S/C26H25ClN4O2S/c1-17-4-9-21(10-5-17)31-24(15-33-22-11-6-18(2)7-12-22)29-30-26(31)34-16-25(32)28-23-13-8-20(27)14-19(23)3/h4-14H,15-16H2,1-3H3,(H,28,32). The number of hydrogen-bond acceptors (Lipinski definition) is 5. The molecule has 0 unspecified atom stereocenters. The van der Waals surface area contributed by atoms with Gasteiger partial charge in [0.1, 0.15) is 12.4 Å². The van der Waals surface area contributed by atoms with Crippen molar-refractivity contribution in [1.82, 2.24) is 14.8 Å². The smallest absolute Gasteiger partial charge is 0.234 e. The number of nitrogens with one attached hydrogen (secondary N) is 1. The third-order valence-corrected chi connectivity index (χ3v) is 6.34. The highest BCUT2D eigenvalue weighted by atomic mass is 35.5. The first kappa shape index (κ1) is 23.9. The van der Waals surface area contributed by atoms with Gasteiger partial charge in [0, 0.05) is 16.4 Å². The molecular weight excluding hydrogens is 468 g/mol. The SMILES string of the molecule is Cc1ccc(OCc2nnc(SCC(=O)Nc3ccc(Cl)cc3C)n2-c2ccc(C)cc2)cc1. The molecule has 0 aliphatic carbocycles. The molecule has 1 N–H and O–H groups in total. The van der Waals surface area contributed by atoms with Crippen LogP contribution >= 0.6 is 23.4 Å². The van der Waals surface area contributed by atoms with Gasteiger partial charge in [0.25, 0.3) is 0 Å². The second-order valence-electron chi connectivity index (χ2n) is 7.97. The summed E-state index contributed by atoms with van der Waals surface area (Å²) < 4.78 is 7.88. The van der Waals surface area contributed by atoms with E-state index in [9.17, 15) is 4.79 Å². The van der Waals surface area contributed by atoms with Gasteiger partial charge in [0.15, 0.2) is 11.0 Å². The summed E-state index contributed by atoms with van der Waals surface area (Å²) in [6.45, 7) is 6.23. The molecule has 1 heterocycles. The highest BCUT2D eigenvalue weighted by Gasteiger charge is 2.17. The van der Waals surface area contributed by atoms with Crippen LogP contribution in [0.1, 0.15) is 22.5 Å². The molecule has 34 heavy (non-hydrogen) atoms. The van der Waals surface area contributed by atoms with Crippen molar-refractivity contribution in [3.05, 3.63) is 94.3 Å². The maximum Gasteiger partial charge on any atom is 0.234 e. The number of aryl methyl sites for hydroxylation is 3. The van der Waals surface area contributed by atoms with Gasteiger partial charge in [-0.1, -0.05) is 58.8 Å². The number of thioether (sulfide) groups is 1. The fourth-order valence-electron chi connectivity index (χ4n) is 3.31. The number of halogens is 1. The number of carbonyl (C=O) groups excluding carboxylic acids is 1. The number of hydrogen-bond donors (Lipinski definition) is 1. The molecule has 0 spiro atoms. The van der Waals surface area contributed by atoms with Crippen LogP contribution in [0.2, 0.25) is 5.02 Å².